The lowest BCUT2D eigenvalue weighted by Crippen LogP contribution is -2.41. The van der Waals surface area contributed by atoms with Crippen LogP contribution in [-0.4, -0.2) is 30.7 Å². The Labute approximate surface area is 81.3 Å². The van der Waals surface area contributed by atoms with E-state index < -0.39 is 12.7 Å². The molecule has 1 atom stereocenters. The van der Waals surface area contributed by atoms with Crippen LogP contribution in [0.3, 0.4) is 0 Å². The van der Waals surface area contributed by atoms with Crippen molar-refractivity contribution >= 4 is 0 Å². The molecule has 14 heavy (non-hydrogen) atoms. The fourth-order valence-corrected chi connectivity index (χ4v) is 1.84. The molecule has 1 rings (SSSR count). The van der Waals surface area contributed by atoms with E-state index in [0.29, 0.717) is 19.5 Å². The van der Waals surface area contributed by atoms with Crippen LogP contribution in [0.15, 0.2) is 0 Å². The van der Waals surface area contributed by atoms with Crippen molar-refractivity contribution in [2.75, 3.05) is 19.6 Å². The predicted octanol–water partition coefficient (Wildman–Crippen LogP) is 2.17. The van der Waals surface area contributed by atoms with Gasteiger partial charge >= 0.3 is 6.18 Å². The summed E-state index contributed by atoms with van der Waals surface area (Å²) in [6.45, 7) is 0.0729. The standard InChI is InChI=1S/C9H13F3N2/c10-9(11,12)7-14-5-1-2-8(6-14)3-4-13/h8H,1-3,5-7H2. The maximum absolute atomic E-state index is 12.0. The molecule has 1 unspecified atom stereocenters. The van der Waals surface area contributed by atoms with E-state index >= 15 is 0 Å². The van der Waals surface area contributed by atoms with E-state index in [0.717, 1.165) is 12.8 Å². The summed E-state index contributed by atoms with van der Waals surface area (Å²) < 4.78 is 36.1. The van der Waals surface area contributed by atoms with Crippen molar-refractivity contribution in [1.82, 2.24) is 4.90 Å². The predicted molar refractivity (Wildman–Crippen MR) is 45.4 cm³/mol. The smallest absolute Gasteiger partial charge is 0.295 e. The van der Waals surface area contributed by atoms with E-state index in [4.69, 9.17) is 5.26 Å². The number of nitriles is 1. The zero-order valence-corrected chi connectivity index (χ0v) is 7.85. The van der Waals surface area contributed by atoms with Gasteiger partial charge in [-0.1, -0.05) is 0 Å². The molecule has 5 heteroatoms. The summed E-state index contributed by atoms with van der Waals surface area (Å²) in [6.07, 6.45) is -2.10. The average molecular weight is 206 g/mol. The SMILES string of the molecule is N#CCC1CCCN(CC(F)(F)F)C1. The van der Waals surface area contributed by atoms with Gasteiger partial charge in [-0.3, -0.25) is 4.90 Å². The number of alkyl halides is 3. The number of hydrogen-bond donors (Lipinski definition) is 0. The highest BCUT2D eigenvalue weighted by atomic mass is 19.4. The minimum atomic E-state index is -4.12. The van der Waals surface area contributed by atoms with E-state index in [1.54, 1.807) is 0 Å². The molecule has 1 aliphatic rings. The Bertz CT molecular complexity index is 219. The summed E-state index contributed by atoms with van der Waals surface area (Å²) in [4.78, 5) is 1.39. The van der Waals surface area contributed by atoms with Gasteiger partial charge < -0.3 is 0 Å². The van der Waals surface area contributed by atoms with Crippen molar-refractivity contribution < 1.29 is 13.2 Å². The van der Waals surface area contributed by atoms with Crippen molar-refractivity contribution in [2.45, 2.75) is 25.4 Å². The lowest BCUT2D eigenvalue weighted by Gasteiger charge is -2.31. The summed E-state index contributed by atoms with van der Waals surface area (Å²) in [5.74, 6) is 0.121. The first-order valence-corrected chi connectivity index (χ1v) is 4.67. The average Bonchev–Trinajstić information content (AvgIpc) is 2.02. The zero-order chi connectivity index (χ0) is 10.6. The van der Waals surface area contributed by atoms with Gasteiger partial charge in [0.05, 0.1) is 12.6 Å². The van der Waals surface area contributed by atoms with Crippen LogP contribution >= 0.6 is 0 Å². The molecule has 80 valence electrons. The van der Waals surface area contributed by atoms with E-state index in [-0.39, 0.29) is 5.92 Å². The number of hydrogen-bond acceptors (Lipinski definition) is 2. The molecular weight excluding hydrogens is 193 g/mol. The highest BCUT2D eigenvalue weighted by molar-refractivity contribution is 4.82. The molecule has 0 bridgehead atoms. The lowest BCUT2D eigenvalue weighted by molar-refractivity contribution is -0.149. The summed E-state index contributed by atoms with van der Waals surface area (Å²) in [7, 11) is 0. The minimum absolute atomic E-state index is 0.121. The van der Waals surface area contributed by atoms with Crippen LogP contribution in [0.1, 0.15) is 19.3 Å². The molecule has 0 spiro atoms. The first-order valence-electron chi connectivity index (χ1n) is 4.67. The first-order chi connectivity index (χ1) is 6.51. The Morgan fingerprint density at radius 3 is 2.71 bits per heavy atom. The Balaban J connectivity index is 2.37. The van der Waals surface area contributed by atoms with Crippen molar-refractivity contribution in [3.8, 4) is 6.07 Å². The highest BCUT2D eigenvalue weighted by Gasteiger charge is 2.32. The second-order valence-corrected chi connectivity index (χ2v) is 3.72. The maximum Gasteiger partial charge on any atom is 0.401 e. The lowest BCUT2D eigenvalue weighted by atomic mass is 9.95. The van der Waals surface area contributed by atoms with Crippen LogP contribution < -0.4 is 0 Å². The van der Waals surface area contributed by atoms with Gasteiger partial charge in [0, 0.05) is 13.0 Å². The maximum atomic E-state index is 12.0. The normalized spacial score (nSPS) is 24.6. The van der Waals surface area contributed by atoms with Crippen molar-refractivity contribution in [3.05, 3.63) is 0 Å². The fraction of sp³-hybridized carbons (Fsp3) is 0.889. The van der Waals surface area contributed by atoms with Gasteiger partial charge in [0.2, 0.25) is 0 Å². The third-order valence-corrected chi connectivity index (χ3v) is 2.39. The second-order valence-electron chi connectivity index (χ2n) is 3.72. The molecule has 1 saturated heterocycles. The van der Waals surface area contributed by atoms with E-state index in [1.165, 1.54) is 4.90 Å². The molecule has 0 saturated carbocycles. The second kappa shape index (κ2) is 4.65. The molecule has 1 fully saturated rings. The first kappa shape index (κ1) is 11.3. The molecule has 0 aromatic heterocycles. The molecule has 0 aliphatic carbocycles. The Morgan fingerprint density at radius 1 is 1.43 bits per heavy atom. The number of nitrogens with zero attached hydrogens (tertiary/aromatic N) is 2. The summed E-state index contributed by atoms with van der Waals surface area (Å²) in [6, 6.07) is 2.01. The van der Waals surface area contributed by atoms with Crippen LogP contribution in [0.5, 0.6) is 0 Å². The molecule has 0 radical (unpaired) electrons. The molecular formula is C9H13F3N2. The molecule has 0 N–H and O–H groups in total. The monoisotopic (exact) mass is 206 g/mol. The third-order valence-electron chi connectivity index (χ3n) is 2.39. The van der Waals surface area contributed by atoms with Crippen molar-refractivity contribution in [2.24, 2.45) is 5.92 Å². The Morgan fingerprint density at radius 2 is 2.14 bits per heavy atom. The van der Waals surface area contributed by atoms with Crippen molar-refractivity contribution in [1.29, 1.82) is 5.26 Å². The van der Waals surface area contributed by atoms with Gasteiger partial charge in [0.15, 0.2) is 0 Å². The van der Waals surface area contributed by atoms with Crippen LogP contribution in [0.2, 0.25) is 0 Å². The largest absolute Gasteiger partial charge is 0.401 e. The van der Waals surface area contributed by atoms with Crippen LogP contribution in [0.25, 0.3) is 0 Å². The highest BCUT2D eigenvalue weighted by Crippen LogP contribution is 2.23. The zero-order valence-electron chi connectivity index (χ0n) is 7.85. The van der Waals surface area contributed by atoms with Gasteiger partial charge in [0.25, 0.3) is 0 Å². The fourth-order valence-electron chi connectivity index (χ4n) is 1.84. The quantitative estimate of drug-likeness (QED) is 0.692. The summed E-state index contributed by atoms with van der Waals surface area (Å²) >= 11 is 0. The van der Waals surface area contributed by atoms with Gasteiger partial charge in [-0.05, 0) is 25.3 Å². The third kappa shape index (κ3) is 3.97. The van der Waals surface area contributed by atoms with Gasteiger partial charge in [-0.15, -0.1) is 0 Å². The Kier molecular flexibility index (Phi) is 3.76. The molecule has 1 aliphatic heterocycles. The van der Waals surface area contributed by atoms with Crippen LogP contribution in [0, 0.1) is 17.2 Å². The summed E-state index contributed by atoms with van der Waals surface area (Å²) in [5, 5.41) is 8.45. The van der Waals surface area contributed by atoms with Gasteiger partial charge in [-0.2, -0.15) is 18.4 Å². The molecule has 0 aromatic rings. The molecule has 0 aromatic carbocycles. The number of halogens is 3. The summed E-state index contributed by atoms with van der Waals surface area (Å²) in [5.41, 5.74) is 0. The number of likely N-dealkylation sites (tertiary alicyclic amines) is 1. The molecule has 2 nitrogen and oxygen atoms in total. The topological polar surface area (TPSA) is 27.0 Å². The Hall–Kier alpha value is -0.760. The number of piperidine rings is 1. The van der Waals surface area contributed by atoms with E-state index in [9.17, 15) is 13.2 Å². The van der Waals surface area contributed by atoms with E-state index in [1.807, 2.05) is 6.07 Å². The minimum Gasteiger partial charge on any atom is -0.295 e. The molecule has 0 amide bonds. The van der Waals surface area contributed by atoms with E-state index in [2.05, 4.69) is 0 Å². The van der Waals surface area contributed by atoms with Gasteiger partial charge in [0.1, 0.15) is 0 Å². The molecule has 1 heterocycles. The van der Waals surface area contributed by atoms with Crippen LogP contribution in [-0.2, 0) is 0 Å². The van der Waals surface area contributed by atoms with Crippen LogP contribution in [0.4, 0.5) is 13.2 Å². The van der Waals surface area contributed by atoms with Crippen molar-refractivity contribution in [3.63, 3.8) is 0 Å². The van der Waals surface area contributed by atoms with Gasteiger partial charge in [-0.25, -0.2) is 0 Å². The number of rotatable bonds is 2.